The van der Waals surface area contributed by atoms with Crippen LogP contribution in [0.15, 0.2) is 0 Å². The van der Waals surface area contributed by atoms with Crippen molar-refractivity contribution in [3.05, 3.63) is 0 Å². The van der Waals surface area contributed by atoms with Gasteiger partial charge in [-0.2, -0.15) is 0 Å². The van der Waals surface area contributed by atoms with E-state index in [-0.39, 0.29) is 5.97 Å². The Morgan fingerprint density at radius 3 is 2.57 bits per heavy atom. The molecule has 3 heteroatoms. The number of ether oxygens (including phenoxy) is 1. The molecular weight excluding hydrogens is 178 g/mol. The van der Waals surface area contributed by atoms with Crippen LogP contribution < -0.4 is 5.73 Å². The highest BCUT2D eigenvalue weighted by Gasteiger charge is 2.60. The predicted molar refractivity (Wildman–Crippen MR) is 53.6 cm³/mol. The average Bonchev–Trinajstić information content (AvgIpc) is 2.92. The van der Waals surface area contributed by atoms with Crippen LogP contribution in [-0.4, -0.2) is 18.6 Å². The highest BCUT2D eigenvalue weighted by atomic mass is 16.5. The molecule has 0 bridgehead atoms. The van der Waals surface area contributed by atoms with Crippen LogP contribution in [0.25, 0.3) is 0 Å². The predicted octanol–water partition coefficient (Wildman–Crippen LogP) is 1.46. The van der Waals surface area contributed by atoms with Crippen LogP contribution in [0.2, 0.25) is 0 Å². The highest BCUT2D eigenvalue weighted by Crippen LogP contribution is 2.51. The molecule has 2 aliphatic rings. The summed E-state index contributed by atoms with van der Waals surface area (Å²) in [5, 5.41) is 0. The molecule has 0 aliphatic heterocycles. The lowest BCUT2D eigenvalue weighted by Gasteiger charge is -2.23. The lowest BCUT2D eigenvalue weighted by atomic mass is 9.84. The zero-order chi connectivity index (χ0) is 10.2. The molecule has 0 spiro atoms. The van der Waals surface area contributed by atoms with E-state index in [4.69, 9.17) is 10.5 Å². The van der Waals surface area contributed by atoms with Gasteiger partial charge >= 0.3 is 5.97 Å². The van der Waals surface area contributed by atoms with Crippen LogP contribution in [0.3, 0.4) is 0 Å². The number of hydrogen-bond acceptors (Lipinski definition) is 3. The topological polar surface area (TPSA) is 52.3 Å². The zero-order valence-corrected chi connectivity index (χ0v) is 8.79. The summed E-state index contributed by atoms with van der Waals surface area (Å²) in [7, 11) is 1.42. The molecule has 80 valence electrons. The molecule has 0 saturated heterocycles. The summed E-state index contributed by atoms with van der Waals surface area (Å²) in [6.07, 6.45) is 7.29. The molecule has 3 nitrogen and oxygen atoms in total. The summed E-state index contributed by atoms with van der Waals surface area (Å²) < 4.78 is 4.73. The van der Waals surface area contributed by atoms with Crippen molar-refractivity contribution in [2.75, 3.05) is 7.11 Å². The van der Waals surface area contributed by atoms with Gasteiger partial charge in [0.2, 0.25) is 0 Å². The van der Waals surface area contributed by atoms with Gasteiger partial charge < -0.3 is 10.5 Å². The third kappa shape index (κ3) is 1.54. The smallest absolute Gasteiger partial charge is 0.326 e. The minimum Gasteiger partial charge on any atom is -0.468 e. The first-order valence-electron chi connectivity index (χ1n) is 5.56. The van der Waals surface area contributed by atoms with Crippen molar-refractivity contribution in [1.29, 1.82) is 0 Å². The second-order valence-electron chi connectivity index (χ2n) is 4.74. The van der Waals surface area contributed by atoms with Gasteiger partial charge in [0, 0.05) is 0 Å². The molecular formula is C11H19NO2. The minimum absolute atomic E-state index is 0.215. The Hall–Kier alpha value is -0.570. The Morgan fingerprint density at radius 2 is 2.00 bits per heavy atom. The van der Waals surface area contributed by atoms with Gasteiger partial charge in [0.15, 0.2) is 0 Å². The minimum atomic E-state index is -0.628. The van der Waals surface area contributed by atoms with Crippen LogP contribution in [0, 0.1) is 11.8 Å². The number of carbonyl (C=O) groups excluding carboxylic acids is 1. The van der Waals surface area contributed by atoms with Crippen LogP contribution >= 0.6 is 0 Å². The number of hydrogen-bond donors (Lipinski definition) is 1. The molecule has 0 radical (unpaired) electrons. The Labute approximate surface area is 85.0 Å². The molecule has 2 saturated carbocycles. The van der Waals surface area contributed by atoms with Crippen molar-refractivity contribution in [2.24, 2.45) is 17.6 Å². The van der Waals surface area contributed by atoms with Gasteiger partial charge in [-0.25, -0.2) is 0 Å². The van der Waals surface area contributed by atoms with Crippen LogP contribution in [-0.2, 0) is 9.53 Å². The first kappa shape index (κ1) is 9.97. The van der Waals surface area contributed by atoms with Gasteiger partial charge in [0.25, 0.3) is 0 Å². The quantitative estimate of drug-likeness (QED) is 0.682. The lowest BCUT2D eigenvalue weighted by molar-refractivity contribution is -0.144. The lowest BCUT2D eigenvalue weighted by Crippen LogP contribution is -2.38. The fourth-order valence-corrected chi connectivity index (χ4v) is 2.85. The third-order valence-corrected chi connectivity index (χ3v) is 3.84. The number of esters is 1. The zero-order valence-electron chi connectivity index (χ0n) is 8.79. The number of rotatable bonds is 2. The molecule has 2 atom stereocenters. The van der Waals surface area contributed by atoms with Crippen LogP contribution in [0.1, 0.15) is 38.5 Å². The van der Waals surface area contributed by atoms with Crippen molar-refractivity contribution in [1.82, 2.24) is 0 Å². The Balaban J connectivity index is 1.93. The van der Waals surface area contributed by atoms with E-state index in [9.17, 15) is 4.79 Å². The first-order chi connectivity index (χ1) is 6.68. The van der Waals surface area contributed by atoms with E-state index in [0.717, 1.165) is 6.42 Å². The van der Waals surface area contributed by atoms with E-state index in [1.165, 1.54) is 39.2 Å². The summed E-state index contributed by atoms with van der Waals surface area (Å²) in [6, 6.07) is 0. The third-order valence-electron chi connectivity index (χ3n) is 3.84. The van der Waals surface area contributed by atoms with E-state index in [0.29, 0.717) is 11.8 Å². The van der Waals surface area contributed by atoms with Crippen molar-refractivity contribution >= 4 is 5.97 Å². The molecule has 2 rings (SSSR count). The SMILES string of the molecule is COC(=O)C1(N)CC1C1CCCCC1. The number of nitrogens with two attached hydrogens (primary N) is 1. The molecule has 0 amide bonds. The summed E-state index contributed by atoms with van der Waals surface area (Å²) >= 11 is 0. The molecule has 2 aliphatic carbocycles. The molecule has 0 heterocycles. The molecule has 0 aromatic carbocycles. The fourth-order valence-electron chi connectivity index (χ4n) is 2.85. The van der Waals surface area contributed by atoms with E-state index < -0.39 is 5.54 Å². The van der Waals surface area contributed by atoms with E-state index >= 15 is 0 Å². The monoisotopic (exact) mass is 197 g/mol. The summed E-state index contributed by atoms with van der Waals surface area (Å²) in [4.78, 5) is 11.4. The number of carbonyl (C=O) groups is 1. The van der Waals surface area contributed by atoms with Gasteiger partial charge in [-0.05, 0) is 18.3 Å². The molecule has 0 aromatic rings. The van der Waals surface area contributed by atoms with Gasteiger partial charge in [-0.1, -0.05) is 32.1 Å². The van der Waals surface area contributed by atoms with Crippen molar-refractivity contribution in [3.8, 4) is 0 Å². The highest BCUT2D eigenvalue weighted by molar-refractivity contribution is 5.84. The Kier molecular flexibility index (Phi) is 2.52. The summed E-state index contributed by atoms with van der Waals surface area (Å²) in [5.74, 6) is 0.858. The Bertz CT molecular complexity index is 235. The fraction of sp³-hybridized carbons (Fsp3) is 0.909. The van der Waals surface area contributed by atoms with Gasteiger partial charge in [0.05, 0.1) is 7.11 Å². The molecule has 14 heavy (non-hydrogen) atoms. The standard InChI is InChI=1S/C11H19NO2/c1-14-10(13)11(12)7-9(11)8-5-3-2-4-6-8/h8-9H,2-7,12H2,1H3. The normalized spacial score (nSPS) is 38.0. The van der Waals surface area contributed by atoms with Crippen molar-refractivity contribution in [2.45, 2.75) is 44.1 Å². The maximum absolute atomic E-state index is 11.4. The van der Waals surface area contributed by atoms with E-state index in [2.05, 4.69) is 0 Å². The van der Waals surface area contributed by atoms with Crippen LogP contribution in [0.5, 0.6) is 0 Å². The summed E-state index contributed by atoms with van der Waals surface area (Å²) in [5.41, 5.74) is 5.37. The average molecular weight is 197 g/mol. The van der Waals surface area contributed by atoms with E-state index in [1.54, 1.807) is 0 Å². The molecule has 2 unspecified atom stereocenters. The maximum Gasteiger partial charge on any atom is 0.326 e. The van der Waals surface area contributed by atoms with Gasteiger partial charge in [-0.3, -0.25) is 4.79 Å². The first-order valence-corrected chi connectivity index (χ1v) is 5.56. The van der Waals surface area contributed by atoms with Gasteiger partial charge in [-0.15, -0.1) is 0 Å². The van der Waals surface area contributed by atoms with Crippen molar-refractivity contribution < 1.29 is 9.53 Å². The summed E-state index contributed by atoms with van der Waals surface area (Å²) in [6.45, 7) is 0. The molecule has 0 aromatic heterocycles. The van der Waals surface area contributed by atoms with E-state index in [1.807, 2.05) is 0 Å². The maximum atomic E-state index is 11.4. The Morgan fingerprint density at radius 1 is 1.36 bits per heavy atom. The van der Waals surface area contributed by atoms with Gasteiger partial charge in [0.1, 0.15) is 5.54 Å². The van der Waals surface area contributed by atoms with Crippen LogP contribution in [0.4, 0.5) is 0 Å². The number of methoxy groups -OCH3 is 1. The van der Waals surface area contributed by atoms with Crippen molar-refractivity contribution in [3.63, 3.8) is 0 Å². The molecule has 2 fully saturated rings. The second-order valence-corrected chi connectivity index (χ2v) is 4.74. The second kappa shape index (κ2) is 3.54. The molecule has 2 N–H and O–H groups in total. The largest absolute Gasteiger partial charge is 0.468 e.